The SMILES string of the molecule is CCN(CC)C(=O)N1CCC(NC(=O)c2ccc(F)cc2)CC1. The molecular formula is C17H24FN3O2. The van der Waals surface area contributed by atoms with E-state index in [4.69, 9.17) is 0 Å². The highest BCUT2D eigenvalue weighted by Gasteiger charge is 2.26. The lowest BCUT2D eigenvalue weighted by molar-refractivity contribution is 0.0911. The van der Waals surface area contributed by atoms with E-state index in [-0.39, 0.29) is 23.8 Å². The molecule has 6 heteroatoms. The second-order valence-corrected chi connectivity index (χ2v) is 5.70. The average Bonchev–Trinajstić information content (AvgIpc) is 2.57. The van der Waals surface area contributed by atoms with E-state index in [2.05, 4.69) is 5.32 Å². The summed E-state index contributed by atoms with van der Waals surface area (Å²) < 4.78 is 12.9. The maximum atomic E-state index is 12.9. The predicted octanol–water partition coefficient (Wildman–Crippen LogP) is 2.48. The molecule has 23 heavy (non-hydrogen) atoms. The molecule has 0 radical (unpaired) electrons. The van der Waals surface area contributed by atoms with Crippen LogP contribution in [0.15, 0.2) is 24.3 Å². The van der Waals surface area contributed by atoms with E-state index >= 15 is 0 Å². The number of urea groups is 1. The van der Waals surface area contributed by atoms with Gasteiger partial charge in [-0.15, -0.1) is 0 Å². The van der Waals surface area contributed by atoms with Crippen molar-refractivity contribution in [3.05, 3.63) is 35.6 Å². The molecule has 0 saturated carbocycles. The molecule has 1 saturated heterocycles. The Hall–Kier alpha value is -2.11. The fourth-order valence-corrected chi connectivity index (χ4v) is 2.78. The minimum atomic E-state index is -0.357. The van der Waals surface area contributed by atoms with Crippen LogP contribution in [0.4, 0.5) is 9.18 Å². The fourth-order valence-electron chi connectivity index (χ4n) is 2.78. The zero-order chi connectivity index (χ0) is 16.8. The van der Waals surface area contributed by atoms with Crippen LogP contribution in [0.3, 0.4) is 0 Å². The summed E-state index contributed by atoms with van der Waals surface area (Å²) in [7, 11) is 0. The lowest BCUT2D eigenvalue weighted by Gasteiger charge is -2.35. The molecule has 0 aliphatic carbocycles. The highest BCUT2D eigenvalue weighted by atomic mass is 19.1. The first-order chi connectivity index (χ1) is 11.0. The smallest absolute Gasteiger partial charge is 0.319 e. The Morgan fingerprint density at radius 2 is 1.74 bits per heavy atom. The number of carbonyl (C=O) groups is 2. The Balaban J connectivity index is 1.83. The van der Waals surface area contributed by atoms with Crippen LogP contribution in [-0.4, -0.2) is 54.0 Å². The molecule has 1 fully saturated rings. The fraction of sp³-hybridized carbons (Fsp3) is 0.529. The summed E-state index contributed by atoms with van der Waals surface area (Å²) in [5.41, 5.74) is 0.452. The zero-order valence-electron chi connectivity index (χ0n) is 13.7. The molecule has 1 aliphatic heterocycles. The summed E-state index contributed by atoms with van der Waals surface area (Å²) in [6.45, 7) is 6.63. The third-order valence-corrected chi connectivity index (χ3v) is 4.24. The quantitative estimate of drug-likeness (QED) is 0.926. The number of halogens is 1. The molecule has 126 valence electrons. The molecule has 1 heterocycles. The summed E-state index contributed by atoms with van der Waals surface area (Å²) in [5.74, 6) is -0.553. The van der Waals surface area contributed by atoms with E-state index in [0.29, 0.717) is 31.7 Å². The largest absolute Gasteiger partial charge is 0.349 e. The van der Waals surface area contributed by atoms with Gasteiger partial charge < -0.3 is 15.1 Å². The maximum Gasteiger partial charge on any atom is 0.319 e. The predicted molar refractivity (Wildman–Crippen MR) is 86.8 cm³/mol. The Morgan fingerprint density at radius 3 is 2.26 bits per heavy atom. The van der Waals surface area contributed by atoms with Gasteiger partial charge >= 0.3 is 6.03 Å². The highest BCUT2D eigenvalue weighted by molar-refractivity contribution is 5.94. The van der Waals surface area contributed by atoms with Gasteiger partial charge in [-0.25, -0.2) is 9.18 Å². The first kappa shape index (κ1) is 17.2. The summed E-state index contributed by atoms with van der Waals surface area (Å²) in [6.07, 6.45) is 1.47. The van der Waals surface area contributed by atoms with E-state index in [9.17, 15) is 14.0 Å². The molecule has 1 aliphatic rings. The van der Waals surface area contributed by atoms with Gasteiger partial charge in [-0.2, -0.15) is 0 Å². The van der Waals surface area contributed by atoms with Crippen LogP contribution in [0.1, 0.15) is 37.0 Å². The lowest BCUT2D eigenvalue weighted by Crippen LogP contribution is -2.50. The van der Waals surface area contributed by atoms with E-state index in [1.807, 2.05) is 18.7 Å². The molecule has 0 bridgehead atoms. The van der Waals surface area contributed by atoms with E-state index in [1.165, 1.54) is 24.3 Å². The molecular weight excluding hydrogens is 297 g/mol. The maximum absolute atomic E-state index is 12.9. The lowest BCUT2D eigenvalue weighted by atomic mass is 10.0. The number of nitrogens with zero attached hydrogens (tertiary/aromatic N) is 2. The first-order valence-electron chi connectivity index (χ1n) is 8.15. The third kappa shape index (κ3) is 4.43. The van der Waals surface area contributed by atoms with Crippen LogP contribution in [0.2, 0.25) is 0 Å². The van der Waals surface area contributed by atoms with E-state index < -0.39 is 0 Å². The van der Waals surface area contributed by atoms with Crippen molar-refractivity contribution < 1.29 is 14.0 Å². The highest BCUT2D eigenvalue weighted by Crippen LogP contribution is 2.13. The van der Waals surface area contributed by atoms with Gasteiger partial charge in [0.1, 0.15) is 5.82 Å². The van der Waals surface area contributed by atoms with E-state index in [0.717, 1.165) is 12.8 Å². The normalized spacial score (nSPS) is 15.3. The van der Waals surface area contributed by atoms with Gasteiger partial charge in [0.2, 0.25) is 0 Å². The van der Waals surface area contributed by atoms with Crippen LogP contribution in [-0.2, 0) is 0 Å². The Labute approximate surface area is 136 Å². The number of likely N-dealkylation sites (tertiary alicyclic amines) is 1. The molecule has 1 N–H and O–H groups in total. The molecule has 0 unspecified atom stereocenters. The van der Waals surface area contributed by atoms with Crippen molar-refractivity contribution in [3.63, 3.8) is 0 Å². The molecule has 2 rings (SSSR count). The van der Waals surface area contributed by atoms with Crippen LogP contribution < -0.4 is 5.32 Å². The summed E-state index contributed by atoms with van der Waals surface area (Å²) in [5, 5.41) is 2.96. The molecule has 1 aromatic rings. The average molecular weight is 321 g/mol. The monoisotopic (exact) mass is 321 g/mol. The van der Waals surface area contributed by atoms with Crippen molar-refractivity contribution in [1.82, 2.24) is 15.1 Å². The van der Waals surface area contributed by atoms with E-state index in [1.54, 1.807) is 4.90 Å². The Bertz CT molecular complexity index is 535. The number of carbonyl (C=O) groups excluding carboxylic acids is 2. The van der Waals surface area contributed by atoms with Crippen molar-refractivity contribution in [2.24, 2.45) is 0 Å². The zero-order valence-corrected chi connectivity index (χ0v) is 13.7. The number of amides is 3. The van der Waals surface area contributed by atoms with Gasteiger partial charge in [0.15, 0.2) is 0 Å². The van der Waals surface area contributed by atoms with Crippen molar-refractivity contribution in [2.45, 2.75) is 32.7 Å². The van der Waals surface area contributed by atoms with Gasteiger partial charge in [0.25, 0.3) is 5.91 Å². The van der Waals surface area contributed by atoms with Gasteiger partial charge in [-0.3, -0.25) is 4.79 Å². The number of rotatable bonds is 4. The summed E-state index contributed by atoms with van der Waals surface area (Å²) in [4.78, 5) is 28.0. The van der Waals surface area contributed by atoms with Gasteiger partial charge in [-0.05, 0) is 51.0 Å². The third-order valence-electron chi connectivity index (χ3n) is 4.24. The van der Waals surface area contributed by atoms with Crippen molar-refractivity contribution in [2.75, 3.05) is 26.2 Å². The summed E-state index contributed by atoms with van der Waals surface area (Å²) >= 11 is 0. The van der Waals surface area contributed by atoms with Gasteiger partial charge in [0, 0.05) is 37.8 Å². The molecule has 0 atom stereocenters. The van der Waals surface area contributed by atoms with Crippen LogP contribution in [0, 0.1) is 5.82 Å². The molecule has 1 aromatic carbocycles. The Morgan fingerprint density at radius 1 is 1.17 bits per heavy atom. The van der Waals surface area contributed by atoms with Crippen molar-refractivity contribution in [3.8, 4) is 0 Å². The Kier molecular flexibility index (Phi) is 5.96. The minimum absolute atomic E-state index is 0.0494. The molecule has 3 amide bonds. The number of hydrogen-bond acceptors (Lipinski definition) is 2. The van der Waals surface area contributed by atoms with Crippen LogP contribution in [0.5, 0.6) is 0 Å². The van der Waals surface area contributed by atoms with Crippen molar-refractivity contribution in [1.29, 1.82) is 0 Å². The van der Waals surface area contributed by atoms with Gasteiger partial charge in [0.05, 0.1) is 0 Å². The summed E-state index contributed by atoms with van der Waals surface area (Å²) in [6, 6.07) is 5.63. The van der Waals surface area contributed by atoms with Crippen LogP contribution in [0.25, 0.3) is 0 Å². The topological polar surface area (TPSA) is 52.7 Å². The molecule has 0 aromatic heterocycles. The first-order valence-corrected chi connectivity index (χ1v) is 8.15. The second-order valence-electron chi connectivity index (χ2n) is 5.70. The van der Waals surface area contributed by atoms with Crippen LogP contribution >= 0.6 is 0 Å². The minimum Gasteiger partial charge on any atom is -0.349 e. The number of nitrogens with one attached hydrogen (secondary N) is 1. The number of benzene rings is 1. The number of hydrogen-bond donors (Lipinski definition) is 1. The second kappa shape index (κ2) is 7.94. The molecule has 5 nitrogen and oxygen atoms in total. The van der Waals surface area contributed by atoms with Crippen molar-refractivity contribution >= 4 is 11.9 Å². The standard InChI is InChI=1S/C17H24FN3O2/c1-3-20(4-2)17(23)21-11-9-15(10-12-21)19-16(22)13-5-7-14(18)8-6-13/h5-8,15H,3-4,9-12H2,1-2H3,(H,19,22). The number of piperidine rings is 1. The van der Waals surface area contributed by atoms with Gasteiger partial charge in [-0.1, -0.05) is 0 Å². The molecule has 0 spiro atoms.